The molecule has 0 heterocycles. The second-order valence-electron chi connectivity index (χ2n) is 5.13. The molecule has 3 nitrogen and oxygen atoms in total. The molecule has 23 heavy (non-hydrogen) atoms. The third-order valence-electron chi connectivity index (χ3n) is 3.70. The van der Waals surface area contributed by atoms with Crippen LogP contribution in [0.2, 0.25) is 0 Å². The number of carbonyl (C=O) groups is 2. The number of hydrogen-bond donors (Lipinski definition) is 0. The largest absolute Gasteiger partial charge is 0.369 e. The van der Waals surface area contributed by atoms with Crippen molar-refractivity contribution in [3.63, 3.8) is 0 Å². The number of hydrogen-bond acceptors (Lipinski definition) is 3. The Hall–Kier alpha value is -2.68. The van der Waals surface area contributed by atoms with Crippen LogP contribution in [0, 0.1) is 0 Å². The number of benzene rings is 2. The molecular weight excluding hydrogens is 286 g/mol. The predicted molar refractivity (Wildman–Crippen MR) is 92.5 cm³/mol. The van der Waals surface area contributed by atoms with E-state index in [0.29, 0.717) is 29.9 Å². The topological polar surface area (TPSA) is 37.4 Å². The van der Waals surface area contributed by atoms with Crippen LogP contribution in [0.5, 0.6) is 0 Å². The second kappa shape index (κ2) is 8.08. The van der Waals surface area contributed by atoms with Gasteiger partial charge in [0.05, 0.1) is 5.70 Å². The molecular formula is C20H21NO2. The number of Topliss-reactive ketones (excluding diaryl/α,β-unsaturated/α-hetero) is 1. The summed E-state index contributed by atoms with van der Waals surface area (Å²) in [6, 6.07) is 18.1. The Labute approximate surface area is 137 Å². The van der Waals surface area contributed by atoms with Gasteiger partial charge in [0.25, 0.3) is 0 Å². The molecule has 0 atom stereocenters. The molecule has 3 heteroatoms. The molecule has 0 saturated carbocycles. The van der Waals surface area contributed by atoms with E-state index in [1.165, 1.54) is 6.08 Å². The van der Waals surface area contributed by atoms with Crippen LogP contribution in [0.1, 0.15) is 34.6 Å². The summed E-state index contributed by atoms with van der Waals surface area (Å²) in [6.07, 6.45) is 1.46. The molecule has 0 unspecified atom stereocenters. The summed E-state index contributed by atoms with van der Waals surface area (Å²) < 4.78 is 0. The van der Waals surface area contributed by atoms with E-state index < -0.39 is 0 Å². The normalized spacial score (nSPS) is 11.1. The SMILES string of the molecule is CCN(CC)/C(=C/C(=O)c1ccccc1)C(=O)c1ccccc1. The van der Waals surface area contributed by atoms with Gasteiger partial charge in [0.2, 0.25) is 5.78 Å². The van der Waals surface area contributed by atoms with Crippen LogP contribution in [0.15, 0.2) is 72.4 Å². The molecule has 0 saturated heterocycles. The Bertz CT molecular complexity index is 686. The predicted octanol–water partition coefficient (Wildman–Crippen LogP) is 3.98. The third-order valence-corrected chi connectivity index (χ3v) is 3.70. The summed E-state index contributed by atoms with van der Waals surface area (Å²) in [4.78, 5) is 27.2. The maximum atomic E-state index is 12.8. The van der Waals surface area contributed by atoms with Crippen molar-refractivity contribution in [1.29, 1.82) is 0 Å². The van der Waals surface area contributed by atoms with Crippen LogP contribution in [0.25, 0.3) is 0 Å². The Morgan fingerprint density at radius 3 is 1.78 bits per heavy atom. The van der Waals surface area contributed by atoms with Gasteiger partial charge in [0, 0.05) is 30.3 Å². The summed E-state index contributed by atoms with van der Waals surface area (Å²) in [7, 11) is 0. The van der Waals surface area contributed by atoms with E-state index in [2.05, 4.69) is 0 Å². The second-order valence-corrected chi connectivity index (χ2v) is 5.13. The van der Waals surface area contributed by atoms with Gasteiger partial charge in [-0.25, -0.2) is 0 Å². The van der Waals surface area contributed by atoms with E-state index >= 15 is 0 Å². The maximum absolute atomic E-state index is 12.8. The summed E-state index contributed by atoms with van der Waals surface area (Å²) in [5, 5.41) is 0. The fourth-order valence-corrected chi connectivity index (χ4v) is 2.41. The molecule has 2 aromatic rings. The molecule has 0 radical (unpaired) electrons. The van der Waals surface area contributed by atoms with Crippen LogP contribution >= 0.6 is 0 Å². The molecule has 0 spiro atoms. The van der Waals surface area contributed by atoms with Gasteiger partial charge in [-0.2, -0.15) is 0 Å². The molecule has 0 N–H and O–H groups in total. The summed E-state index contributed by atoms with van der Waals surface area (Å²) in [5.41, 5.74) is 1.61. The molecule has 0 fully saturated rings. The molecule has 0 amide bonds. The highest BCUT2D eigenvalue weighted by atomic mass is 16.1. The van der Waals surface area contributed by atoms with Crippen molar-refractivity contribution in [2.75, 3.05) is 13.1 Å². The van der Waals surface area contributed by atoms with Gasteiger partial charge in [-0.15, -0.1) is 0 Å². The quantitative estimate of drug-likeness (QED) is 0.573. The molecule has 0 aromatic heterocycles. The van der Waals surface area contributed by atoms with Crippen molar-refractivity contribution < 1.29 is 9.59 Å². The van der Waals surface area contributed by atoms with Crippen LogP contribution in [-0.4, -0.2) is 29.6 Å². The number of rotatable bonds is 7. The van der Waals surface area contributed by atoms with Gasteiger partial charge in [-0.1, -0.05) is 60.7 Å². The van der Waals surface area contributed by atoms with Gasteiger partial charge < -0.3 is 4.90 Å². The maximum Gasteiger partial charge on any atom is 0.209 e. The van der Waals surface area contributed by atoms with Crippen LogP contribution < -0.4 is 0 Å². The lowest BCUT2D eigenvalue weighted by molar-refractivity contribution is 0.0975. The minimum Gasteiger partial charge on any atom is -0.369 e. The van der Waals surface area contributed by atoms with Crippen LogP contribution in [-0.2, 0) is 0 Å². The highest BCUT2D eigenvalue weighted by molar-refractivity contribution is 6.14. The first-order valence-corrected chi connectivity index (χ1v) is 7.83. The van der Waals surface area contributed by atoms with Crippen LogP contribution in [0.3, 0.4) is 0 Å². The Balaban J connectivity index is 2.40. The van der Waals surface area contributed by atoms with E-state index in [9.17, 15) is 9.59 Å². The number of allylic oxidation sites excluding steroid dienone is 2. The standard InChI is InChI=1S/C20H21NO2/c1-3-21(4-2)18(20(23)17-13-9-6-10-14-17)15-19(22)16-11-7-5-8-12-16/h5-15H,3-4H2,1-2H3/b18-15+. The van der Waals surface area contributed by atoms with Crippen LogP contribution in [0.4, 0.5) is 0 Å². The van der Waals surface area contributed by atoms with Gasteiger partial charge in [0.1, 0.15) is 0 Å². The van der Waals surface area contributed by atoms with Crippen molar-refractivity contribution in [2.24, 2.45) is 0 Å². The first kappa shape index (κ1) is 16.7. The first-order valence-electron chi connectivity index (χ1n) is 7.83. The van der Waals surface area contributed by atoms with Crippen molar-refractivity contribution in [2.45, 2.75) is 13.8 Å². The van der Waals surface area contributed by atoms with Crippen molar-refractivity contribution in [3.8, 4) is 0 Å². The third kappa shape index (κ3) is 4.16. The summed E-state index contributed by atoms with van der Waals surface area (Å²) in [6.45, 7) is 5.29. The Kier molecular flexibility index (Phi) is 5.87. The minimum absolute atomic E-state index is 0.126. The van der Waals surface area contributed by atoms with E-state index in [1.807, 2.05) is 55.1 Å². The number of carbonyl (C=O) groups excluding carboxylic acids is 2. The lowest BCUT2D eigenvalue weighted by atomic mass is 10.0. The smallest absolute Gasteiger partial charge is 0.209 e. The van der Waals surface area contributed by atoms with Gasteiger partial charge in [0.15, 0.2) is 5.78 Å². The van der Waals surface area contributed by atoms with Gasteiger partial charge in [-0.05, 0) is 13.8 Å². The van der Waals surface area contributed by atoms with Crippen molar-refractivity contribution in [1.82, 2.24) is 4.90 Å². The fraction of sp³-hybridized carbons (Fsp3) is 0.200. The van der Waals surface area contributed by atoms with Crippen molar-refractivity contribution in [3.05, 3.63) is 83.6 Å². The lowest BCUT2D eigenvalue weighted by Gasteiger charge is -2.23. The number of nitrogens with zero attached hydrogens (tertiary/aromatic N) is 1. The van der Waals surface area contributed by atoms with Gasteiger partial charge in [-0.3, -0.25) is 9.59 Å². The first-order chi connectivity index (χ1) is 11.2. The molecule has 118 valence electrons. The average molecular weight is 307 g/mol. The van der Waals surface area contributed by atoms with Gasteiger partial charge >= 0.3 is 0 Å². The zero-order chi connectivity index (χ0) is 16.7. The highest BCUT2D eigenvalue weighted by Crippen LogP contribution is 2.14. The Morgan fingerprint density at radius 1 is 0.826 bits per heavy atom. The zero-order valence-corrected chi connectivity index (χ0v) is 13.5. The molecule has 0 bridgehead atoms. The van der Waals surface area contributed by atoms with E-state index in [0.717, 1.165) is 0 Å². The minimum atomic E-state index is -0.156. The zero-order valence-electron chi connectivity index (χ0n) is 13.5. The van der Waals surface area contributed by atoms with E-state index in [4.69, 9.17) is 0 Å². The van der Waals surface area contributed by atoms with Crippen molar-refractivity contribution >= 4 is 11.6 Å². The summed E-state index contributed by atoms with van der Waals surface area (Å²) in [5.74, 6) is -0.282. The molecule has 0 aliphatic heterocycles. The average Bonchev–Trinajstić information content (AvgIpc) is 2.62. The highest BCUT2D eigenvalue weighted by Gasteiger charge is 2.18. The van der Waals surface area contributed by atoms with E-state index in [-0.39, 0.29) is 11.6 Å². The fourth-order valence-electron chi connectivity index (χ4n) is 2.41. The lowest BCUT2D eigenvalue weighted by Crippen LogP contribution is -2.28. The molecule has 0 aliphatic rings. The Morgan fingerprint density at radius 2 is 1.30 bits per heavy atom. The monoisotopic (exact) mass is 307 g/mol. The van der Waals surface area contributed by atoms with E-state index in [1.54, 1.807) is 24.3 Å². The summed E-state index contributed by atoms with van der Waals surface area (Å²) >= 11 is 0. The molecule has 2 aromatic carbocycles. The number of ketones is 2. The molecule has 0 aliphatic carbocycles. The molecule has 2 rings (SSSR count). The number of likely N-dealkylation sites (N-methyl/N-ethyl adjacent to an activating group) is 1.